The minimum Gasteiger partial charge on any atom is -0.324 e. The Bertz CT molecular complexity index is 385. The standard InChI is InChI=1S/C18H30N2/c1-3-17-7-5-4-6-13-20(17)14-12-18(19)16-10-8-15(2)9-11-16/h8-11,17-18H,3-7,12-14,19H2,1-2H3. The molecule has 2 unspecified atom stereocenters. The largest absolute Gasteiger partial charge is 0.324 e. The van der Waals surface area contributed by atoms with E-state index in [0.29, 0.717) is 0 Å². The third kappa shape index (κ3) is 4.32. The van der Waals surface area contributed by atoms with E-state index in [1.807, 2.05) is 0 Å². The van der Waals surface area contributed by atoms with Crippen LogP contribution in [0.25, 0.3) is 0 Å². The zero-order chi connectivity index (χ0) is 14.4. The molecule has 2 N–H and O–H groups in total. The molecular weight excluding hydrogens is 244 g/mol. The summed E-state index contributed by atoms with van der Waals surface area (Å²) in [7, 11) is 0. The SMILES string of the molecule is CCC1CCCCCN1CCC(N)c1ccc(C)cc1. The predicted molar refractivity (Wildman–Crippen MR) is 86.8 cm³/mol. The van der Waals surface area contributed by atoms with Crippen LogP contribution in [0, 0.1) is 6.92 Å². The smallest absolute Gasteiger partial charge is 0.0307 e. The van der Waals surface area contributed by atoms with E-state index in [4.69, 9.17) is 5.73 Å². The zero-order valence-electron chi connectivity index (χ0n) is 13.1. The molecule has 2 nitrogen and oxygen atoms in total. The highest BCUT2D eigenvalue weighted by molar-refractivity contribution is 5.23. The summed E-state index contributed by atoms with van der Waals surface area (Å²) in [6.45, 7) is 6.86. The number of nitrogens with two attached hydrogens (primary N) is 1. The van der Waals surface area contributed by atoms with Crippen molar-refractivity contribution in [3.63, 3.8) is 0 Å². The lowest BCUT2D eigenvalue weighted by atomic mass is 10.0. The van der Waals surface area contributed by atoms with Crippen LogP contribution in [0.2, 0.25) is 0 Å². The molecule has 0 saturated carbocycles. The van der Waals surface area contributed by atoms with Gasteiger partial charge in [-0.1, -0.05) is 49.6 Å². The molecule has 20 heavy (non-hydrogen) atoms. The Hall–Kier alpha value is -0.860. The summed E-state index contributed by atoms with van der Waals surface area (Å²) in [6, 6.07) is 9.64. The fourth-order valence-corrected chi connectivity index (χ4v) is 3.28. The molecule has 0 amide bonds. The maximum absolute atomic E-state index is 6.36. The lowest BCUT2D eigenvalue weighted by Gasteiger charge is -2.30. The Balaban J connectivity index is 1.87. The fraction of sp³-hybridized carbons (Fsp3) is 0.667. The van der Waals surface area contributed by atoms with E-state index in [1.165, 1.54) is 49.8 Å². The van der Waals surface area contributed by atoms with Gasteiger partial charge in [-0.25, -0.2) is 0 Å². The van der Waals surface area contributed by atoms with Gasteiger partial charge in [0.05, 0.1) is 0 Å². The summed E-state index contributed by atoms with van der Waals surface area (Å²) in [4.78, 5) is 2.68. The van der Waals surface area contributed by atoms with Gasteiger partial charge >= 0.3 is 0 Å². The van der Waals surface area contributed by atoms with Crippen LogP contribution in [-0.2, 0) is 0 Å². The number of hydrogen-bond donors (Lipinski definition) is 1. The maximum atomic E-state index is 6.36. The van der Waals surface area contributed by atoms with E-state index in [1.54, 1.807) is 0 Å². The van der Waals surface area contributed by atoms with Crippen molar-refractivity contribution in [1.82, 2.24) is 4.90 Å². The molecule has 1 aromatic rings. The van der Waals surface area contributed by atoms with Gasteiger partial charge in [-0.2, -0.15) is 0 Å². The van der Waals surface area contributed by atoms with E-state index in [2.05, 4.69) is 43.0 Å². The number of aryl methyl sites for hydroxylation is 1. The fourth-order valence-electron chi connectivity index (χ4n) is 3.28. The summed E-state index contributed by atoms with van der Waals surface area (Å²) in [5.41, 5.74) is 8.94. The lowest BCUT2D eigenvalue weighted by Crippen LogP contribution is -2.36. The molecule has 1 saturated heterocycles. The molecule has 1 heterocycles. The Morgan fingerprint density at radius 2 is 1.95 bits per heavy atom. The van der Waals surface area contributed by atoms with Gasteiger partial charge in [0.2, 0.25) is 0 Å². The molecule has 0 aromatic heterocycles. The van der Waals surface area contributed by atoms with Crippen LogP contribution < -0.4 is 5.73 Å². The zero-order valence-corrected chi connectivity index (χ0v) is 13.1. The predicted octanol–water partition coefficient (Wildman–Crippen LogP) is 4.04. The van der Waals surface area contributed by atoms with E-state index in [0.717, 1.165) is 19.0 Å². The van der Waals surface area contributed by atoms with Crippen molar-refractivity contribution in [2.75, 3.05) is 13.1 Å². The molecule has 0 aliphatic carbocycles. The Labute approximate surface area is 124 Å². The summed E-state index contributed by atoms with van der Waals surface area (Å²) in [5, 5.41) is 0. The Morgan fingerprint density at radius 1 is 1.20 bits per heavy atom. The van der Waals surface area contributed by atoms with Gasteiger partial charge in [0, 0.05) is 18.6 Å². The van der Waals surface area contributed by atoms with E-state index in [9.17, 15) is 0 Å². The van der Waals surface area contributed by atoms with Gasteiger partial charge in [-0.3, -0.25) is 0 Å². The molecule has 0 spiro atoms. The van der Waals surface area contributed by atoms with Crippen molar-refractivity contribution in [1.29, 1.82) is 0 Å². The first kappa shape index (κ1) is 15.5. The first-order valence-electron chi connectivity index (χ1n) is 8.27. The number of benzene rings is 1. The van der Waals surface area contributed by atoms with E-state index in [-0.39, 0.29) is 6.04 Å². The molecule has 112 valence electrons. The highest BCUT2D eigenvalue weighted by Crippen LogP contribution is 2.21. The van der Waals surface area contributed by atoms with Crippen molar-refractivity contribution in [3.8, 4) is 0 Å². The second kappa shape index (κ2) is 7.80. The van der Waals surface area contributed by atoms with Crippen molar-refractivity contribution in [3.05, 3.63) is 35.4 Å². The van der Waals surface area contributed by atoms with Crippen LogP contribution in [0.1, 0.15) is 62.6 Å². The first-order valence-corrected chi connectivity index (χ1v) is 8.27. The second-order valence-electron chi connectivity index (χ2n) is 6.25. The summed E-state index contributed by atoms with van der Waals surface area (Å²) < 4.78 is 0. The average molecular weight is 274 g/mol. The minimum absolute atomic E-state index is 0.177. The van der Waals surface area contributed by atoms with Crippen LogP contribution in [0.3, 0.4) is 0 Å². The first-order chi connectivity index (χ1) is 9.70. The molecule has 0 bridgehead atoms. The second-order valence-corrected chi connectivity index (χ2v) is 6.25. The van der Waals surface area contributed by atoms with Gasteiger partial charge in [0.25, 0.3) is 0 Å². The van der Waals surface area contributed by atoms with Crippen molar-refractivity contribution >= 4 is 0 Å². The molecule has 0 radical (unpaired) electrons. The number of nitrogens with zero attached hydrogens (tertiary/aromatic N) is 1. The molecule has 2 heteroatoms. The van der Waals surface area contributed by atoms with Gasteiger partial charge in [-0.15, -0.1) is 0 Å². The molecular formula is C18H30N2. The molecule has 1 aliphatic heterocycles. The number of rotatable bonds is 5. The molecule has 1 aliphatic rings. The van der Waals surface area contributed by atoms with Crippen molar-refractivity contribution in [2.24, 2.45) is 5.73 Å². The minimum atomic E-state index is 0.177. The summed E-state index contributed by atoms with van der Waals surface area (Å²) in [5.74, 6) is 0. The molecule has 1 fully saturated rings. The number of hydrogen-bond acceptors (Lipinski definition) is 2. The third-order valence-electron chi connectivity index (χ3n) is 4.70. The Morgan fingerprint density at radius 3 is 2.65 bits per heavy atom. The quantitative estimate of drug-likeness (QED) is 0.878. The van der Waals surface area contributed by atoms with Crippen LogP contribution in [0.5, 0.6) is 0 Å². The highest BCUT2D eigenvalue weighted by Gasteiger charge is 2.19. The van der Waals surface area contributed by atoms with Gasteiger partial charge in [0.1, 0.15) is 0 Å². The topological polar surface area (TPSA) is 29.3 Å². The van der Waals surface area contributed by atoms with Crippen LogP contribution >= 0.6 is 0 Å². The van der Waals surface area contributed by atoms with Crippen molar-refractivity contribution in [2.45, 2.75) is 64.5 Å². The Kier molecular flexibility index (Phi) is 6.06. The molecule has 2 atom stereocenters. The highest BCUT2D eigenvalue weighted by atomic mass is 15.2. The van der Waals surface area contributed by atoms with Crippen molar-refractivity contribution < 1.29 is 0 Å². The van der Waals surface area contributed by atoms with Crippen LogP contribution in [-0.4, -0.2) is 24.0 Å². The van der Waals surface area contributed by atoms with E-state index >= 15 is 0 Å². The van der Waals surface area contributed by atoms with Gasteiger partial charge in [0.15, 0.2) is 0 Å². The van der Waals surface area contributed by atoms with Gasteiger partial charge in [-0.05, 0) is 44.7 Å². The monoisotopic (exact) mass is 274 g/mol. The molecule has 2 rings (SSSR count). The van der Waals surface area contributed by atoms with Crippen LogP contribution in [0.4, 0.5) is 0 Å². The maximum Gasteiger partial charge on any atom is 0.0307 e. The van der Waals surface area contributed by atoms with Crippen LogP contribution in [0.15, 0.2) is 24.3 Å². The normalized spacial score (nSPS) is 22.4. The lowest BCUT2D eigenvalue weighted by molar-refractivity contribution is 0.188. The average Bonchev–Trinajstić information content (AvgIpc) is 2.70. The number of likely N-dealkylation sites (tertiary alicyclic amines) is 1. The third-order valence-corrected chi connectivity index (χ3v) is 4.70. The summed E-state index contributed by atoms with van der Waals surface area (Å²) in [6.07, 6.45) is 7.88. The summed E-state index contributed by atoms with van der Waals surface area (Å²) >= 11 is 0. The molecule has 1 aromatic carbocycles. The van der Waals surface area contributed by atoms with Gasteiger partial charge < -0.3 is 10.6 Å². The van der Waals surface area contributed by atoms with E-state index < -0.39 is 0 Å².